The lowest BCUT2D eigenvalue weighted by atomic mass is 9.63. The molecule has 0 unspecified atom stereocenters. The highest BCUT2D eigenvalue weighted by molar-refractivity contribution is 6.25. The molecular formula is C56H42N4O. The van der Waals surface area contributed by atoms with Gasteiger partial charge in [0.25, 0.3) is 0 Å². The van der Waals surface area contributed by atoms with Crippen LogP contribution in [-0.2, 0) is 10.8 Å². The predicted molar refractivity (Wildman–Crippen MR) is 254 cm³/mol. The van der Waals surface area contributed by atoms with Crippen LogP contribution >= 0.6 is 0 Å². The number of fused-ring (bicyclic) bond motifs is 13. The Morgan fingerprint density at radius 3 is 1.92 bits per heavy atom. The fraction of sp³-hybridized carbons (Fsp3) is 0.143. The van der Waals surface area contributed by atoms with E-state index >= 15 is 0 Å². The Hall–Kier alpha value is -7.24. The molecule has 292 valence electrons. The maximum Gasteiger partial charge on any atom is 0.165 e. The summed E-state index contributed by atoms with van der Waals surface area (Å²) in [7, 11) is 0. The quantitative estimate of drug-likeness (QED) is 0.179. The number of aromatic nitrogens is 4. The van der Waals surface area contributed by atoms with Gasteiger partial charge < -0.3 is 8.98 Å². The molecule has 12 aromatic rings. The molecule has 4 heterocycles. The van der Waals surface area contributed by atoms with Gasteiger partial charge in [-0.05, 0) is 118 Å². The average Bonchev–Trinajstić information content (AvgIpc) is 3.93. The molecule has 5 nitrogen and oxygen atoms in total. The SMILES string of the molecule is CC1(C)CCC(C)(C)c2cc3c(cc21)c1cc2c4c5ccccc5ccc4n(-c4nc5ccccc5nc4-c4ccc5c(c4)oc4ccccc45)c2cc1n3-c1ccccc1. The van der Waals surface area contributed by atoms with Gasteiger partial charge in [-0.25, -0.2) is 9.97 Å². The van der Waals surface area contributed by atoms with Crippen molar-refractivity contribution in [2.75, 3.05) is 0 Å². The molecule has 0 aliphatic heterocycles. The Morgan fingerprint density at radius 2 is 1.10 bits per heavy atom. The van der Waals surface area contributed by atoms with Gasteiger partial charge in [0.2, 0.25) is 0 Å². The van der Waals surface area contributed by atoms with Crippen molar-refractivity contribution in [3.63, 3.8) is 0 Å². The van der Waals surface area contributed by atoms with Gasteiger partial charge >= 0.3 is 0 Å². The zero-order valence-electron chi connectivity index (χ0n) is 34.6. The molecule has 5 heteroatoms. The van der Waals surface area contributed by atoms with Crippen LogP contribution in [0.2, 0.25) is 0 Å². The third kappa shape index (κ3) is 4.89. The van der Waals surface area contributed by atoms with Gasteiger partial charge in [0.05, 0.1) is 33.1 Å². The molecule has 0 amide bonds. The molecule has 0 spiro atoms. The highest BCUT2D eigenvalue weighted by Gasteiger charge is 2.38. The van der Waals surface area contributed by atoms with Crippen molar-refractivity contribution in [2.24, 2.45) is 0 Å². The summed E-state index contributed by atoms with van der Waals surface area (Å²) in [4.78, 5) is 11.0. The first-order valence-corrected chi connectivity index (χ1v) is 21.5. The number of rotatable bonds is 3. The highest BCUT2D eigenvalue weighted by atomic mass is 16.3. The normalized spacial score (nSPS) is 15.0. The monoisotopic (exact) mass is 786 g/mol. The standard InChI is InChI=1S/C56H42N4O/c1-55(2)26-27-56(3,4)43-31-47-40(30-42(43)55)39-29-41-49(32-48(39)59(47)35-15-6-5-7-16-35)60(46-25-23-33-14-8-9-17-36(33)52(41)46)54-53(57-44-19-11-12-20-45(44)58-54)34-22-24-38-37-18-10-13-21-50(37)61-51(38)28-34/h5-25,28-32H,26-27H2,1-4H3. The van der Waals surface area contributed by atoms with Crippen molar-refractivity contribution in [1.29, 1.82) is 0 Å². The molecule has 1 aliphatic carbocycles. The number of furan rings is 1. The van der Waals surface area contributed by atoms with Gasteiger partial charge in [0.1, 0.15) is 16.9 Å². The van der Waals surface area contributed by atoms with Crippen molar-refractivity contribution >= 4 is 87.4 Å². The first-order chi connectivity index (χ1) is 29.7. The second-order valence-corrected chi connectivity index (χ2v) is 18.5. The van der Waals surface area contributed by atoms with Crippen LogP contribution < -0.4 is 0 Å². The van der Waals surface area contributed by atoms with Crippen molar-refractivity contribution < 1.29 is 4.42 Å². The molecule has 0 atom stereocenters. The number of para-hydroxylation sites is 4. The largest absolute Gasteiger partial charge is 0.456 e. The van der Waals surface area contributed by atoms with Crippen LogP contribution in [0.15, 0.2) is 162 Å². The summed E-state index contributed by atoms with van der Waals surface area (Å²) >= 11 is 0. The first kappa shape index (κ1) is 34.6. The lowest BCUT2D eigenvalue weighted by Gasteiger charge is -2.42. The van der Waals surface area contributed by atoms with Crippen LogP contribution in [0.4, 0.5) is 0 Å². The molecule has 8 aromatic carbocycles. The fourth-order valence-corrected chi connectivity index (χ4v) is 10.7. The summed E-state index contributed by atoms with van der Waals surface area (Å²) < 4.78 is 11.3. The Kier molecular flexibility index (Phi) is 6.91. The van der Waals surface area contributed by atoms with Gasteiger partial charge in [-0.3, -0.25) is 4.57 Å². The van der Waals surface area contributed by atoms with Gasteiger partial charge in [0.15, 0.2) is 5.82 Å². The first-order valence-electron chi connectivity index (χ1n) is 21.5. The van der Waals surface area contributed by atoms with E-state index in [0.29, 0.717) is 0 Å². The molecule has 0 radical (unpaired) electrons. The van der Waals surface area contributed by atoms with Crippen LogP contribution in [-0.4, -0.2) is 19.1 Å². The molecule has 0 saturated heterocycles. The lowest BCUT2D eigenvalue weighted by Crippen LogP contribution is -2.33. The van der Waals surface area contributed by atoms with E-state index in [0.717, 1.165) is 79.6 Å². The van der Waals surface area contributed by atoms with Gasteiger partial charge in [-0.1, -0.05) is 113 Å². The molecule has 1 aliphatic rings. The number of nitrogens with zero attached hydrogens (tertiary/aromatic N) is 4. The zero-order chi connectivity index (χ0) is 40.8. The zero-order valence-corrected chi connectivity index (χ0v) is 34.6. The number of benzene rings is 8. The van der Waals surface area contributed by atoms with Crippen LogP contribution in [0.3, 0.4) is 0 Å². The van der Waals surface area contributed by atoms with Crippen LogP contribution in [0.5, 0.6) is 0 Å². The second kappa shape index (κ2) is 12.2. The number of hydrogen-bond donors (Lipinski definition) is 0. The Morgan fingerprint density at radius 1 is 0.459 bits per heavy atom. The maximum atomic E-state index is 6.46. The second-order valence-electron chi connectivity index (χ2n) is 18.5. The van der Waals surface area contributed by atoms with Crippen LogP contribution in [0.25, 0.3) is 110 Å². The fourth-order valence-electron chi connectivity index (χ4n) is 10.7. The molecular weight excluding hydrogens is 745 g/mol. The molecule has 0 fully saturated rings. The number of hydrogen-bond acceptors (Lipinski definition) is 3. The average molecular weight is 787 g/mol. The van der Waals surface area contributed by atoms with Crippen molar-refractivity contribution in [2.45, 2.75) is 51.4 Å². The van der Waals surface area contributed by atoms with E-state index in [1.54, 1.807) is 0 Å². The minimum Gasteiger partial charge on any atom is -0.456 e. The third-order valence-corrected chi connectivity index (χ3v) is 13.9. The molecule has 13 rings (SSSR count). The van der Waals surface area contributed by atoms with Gasteiger partial charge in [-0.2, -0.15) is 0 Å². The summed E-state index contributed by atoms with van der Waals surface area (Å²) in [5, 5.41) is 9.56. The highest BCUT2D eigenvalue weighted by Crippen LogP contribution is 2.50. The van der Waals surface area contributed by atoms with Crippen molar-refractivity contribution in [3.05, 3.63) is 169 Å². The topological polar surface area (TPSA) is 48.8 Å². The third-order valence-electron chi connectivity index (χ3n) is 13.9. The van der Waals surface area contributed by atoms with E-state index in [2.05, 4.69) is 170 Å². The van der Waals surface area contributed by atoms with Crippen LogP contribution in [0, 0.1) is 0 Å². The molecule has 0 bridgehead atoms. The maximum absolute atomic E-state index is 6.46. The summed E-state index contributed by atoms with van der Waals surface area (Å²) in [6.07, 6.45) is 2.33. The van der Waals surface area contributed by atoms with E-state index in [4.69, 9.17) is 14.4 Å². The Bertz CT molecular complexity index is 3820. The smallest absolute Gasteiger partial charge is 0.165 e. The summed E-state index contributed by atoms with van der Waals surface area (Å²) in [6.45, 7) is 9.70. The van der Waals surface area contributed by atoms with E-state index in [-0.39, 0.29) is 10.8 Å². The minimum absolute atomic E-state index is 0.0734. The summed E-state index contributed by atoms with van der Waals surface area (Å²) in [5.41, 5.74) is 13.9. The van der Waals surface area contributed by atoms with Crippen LogP contribution in [0.1, 0.15) is 51.7 Å². The Balaban J connectivity index is 1.20. The molecule has 4 aromatic heterocycles. The summed E-state index contributed by atoms with van der Waals surface area (Å²) in [6, 6.07) is 57.0. The van der Waals surface area contributed by atoms with E-state index < -0.39 is 0 Å². The Labute approximate surface area is 352 Å². The molecule has 0 saturated carbocycles. The minimum atomic E-state index is 0.0734. The van der Waals surface area contributed by atoms with Gasteiger partial charge in [0, 0.05) is 43.6 Å². The predicted octanol–water partition coefficient (Wildman–Crippen LogP) is 14.9. The molecule has 0 N–H and O–H groups in total. The van der Waals surface area contributed by atoms with E-state index in [1.165, 1.54) is 54.5 Å². The van der Waals surface area contributed by atoms with E-state index in [1.807, 2.05) is 24.3 Å². The molecule has 61 heavy (non-hydrogen) atoms. The van der Waals surface area contributed by atoms with E-state index in [9.17, 15) is 0 Å². The van der Waals surface area contributed by atoms with Gasteiger partial charge in [-0.15, -0.1) is 0 Å². The van der Waals surface area contributed by atoms with Crippen molar-refractivity contribution in [3.8, 4) is 22.8 Å². The van der Waals surface area contributed by atoms with Crippen molar-refractivity contribution in [1.82, 2.24) is 19.1 Å². The summed E-state index contributed by atoms with van der Waals surface area (Å²) in [5.74, 6) is 0.783. The lowest BCUT2D eigenvalue weighted by molar-refractivity contribution is 0.332.